The topological polar surface area (TPSA) is 51.2 Å². The number of aromatic nitrogens is 5. The van der Waals surface area contributed by atoms with Crippen molar-refractivity contribution < 1.29 is 0 Å². The maximum absolute atomic E-state index is 4.69. The van der Waals surface area contributed by atoms with Crippen molar-refractivity contribution in [2.75, 3.05) is 6.54 Å². The molecule has 0 aliphatic carbocycles. The molecular weight excluding hydrogens is 312 g/mol. The Bertz CT molecular complexity index is 984. The summed E-state index contributed by atoms with van der Waals surface area (Å²) in [5.74, 6) is 1.98. The van der Waals surface area contributed by atoms with Gasteiger partial charge in [-0.3, -0.25) is 4.90 Å². The van der Waals surface area contributed by atoms with Gasteiger partial charge in [0.05, 0.1) is 12.2 Å². The fourth-order valence-corrected chi connectivity index (χ4v) is 3.44. The van der Waals surface area contributed by atoms with Crippen molar-refractivity contribution in [1.29, 1.82) is 0 Å². The third-order valence-electron chi connectivity index (χ3n) is 4.66. The summed E-state index contributed by atoms with van der Waals surface area (Å²) in [6.45, 7) is 3.50. The number of hydrogen-bond donors (Lipinski definition) is 0. The Balaban J connectivity index is 1.37. The molecule has 4 aromatic rings. The van der Waals surface area contributed by atoms with Gasteiger partial charge in [-0.05, 0) is 12.1 Å². The molecule has 0 saturated carbocycles. The van der Waals surface area contributed by atoms with E-state index >= 15 is 0 Å². The molecule has 0 saturated heterocycles. The highest BCUT2D eigenvalue weighted by Gasteiger charge is 2.22. The van der Waals surface area contributed by atoms with Crippen molar-refractivity contribution in [3.05, 3.63) is 72.4 Å². The first-order valence-corrected chi connectivity index (χ1v) is 8.49. The second-order valence-electron chi connectivity index (χ2n) is 6.37. The third-order valence-corrected chi connectivity index (χ3v) is 4.66. The molecule has 6 nitrogen and oxygen atoms in total. The molecule has 3 aromatic heterocycles. The smallest absolute Gasteiger partial charge is 0.164 e. The summed E-state index contributed by atoms with van der Waals surface area (Å²) in [7, 11) is 0. The SMILES string of the molecule is c1ccc(-c2nnc3n2CCN(Cc2cn4ccccc4n2)C3)cc1. The molecule has 0 atom stereocenters. The van der Waals surface area contributed by atoms with E-state index in [0.29, 0.717) is 0 Å². The zero-order chi connectivity index (χ0) is 16.6. The maximum atomic E-state index is 4.69. The van der Waals surface area contributed by atoms with Crippen LogP contribution in [-0.2, 0) is 19.6 Å². The van der Waals surface area contributed by atoms with Crippen LogP contribution in [0.2, 0.25) is 0 Å². The van der Waals surface area contributed by atoms with E-state index in [0.717, 1.165) is 54.7 Å². The van der Waals surface area contributed by atoms with Gasteiger partial charge in [-0.1, -0.05) is 36.4 Å². The fourth-order valence-electron chi connectivity index (χ4n) is 3.44. The van der Waals surface area contributed by atoms with Crippen LogP contribution in [0.15, 0.2) is 60.9 Å². The number of fused-ring (bicyclic) bond motifs is 2. The van der Waals surface area contributed by atoms with Gasteiger partial charge in [-0.25, -0.2) is 4.98 Å². The Morgan fingerprint density at radius 2 is 1.80 bits per heavy atom. The molecular formula is C19H18N6. The lowest BCUT2D eigenvalue weighted by atomic mass is 10.2. The summed E-state index contributed by atoms with van der Waals surface area (Å²) >= 11 is 0. The van der Waals surface area contributed by atoms with Crippen molar-refractivity contribution in [2.24, 2.45) is 0 Å². The van der Waals surface area contributed by atoms with E-state index in [1.165, 1.54) is 0 Å². The molecule has 25 heavy (non-hydrogen) atoms. The van der Waals surface area contributed by atoms with Crippen LogP contribution in [0, 0.1) is 0 Å². The number of hydrogen-bond acceptors (Lipinski definition) is 4. The largest absolute Gasteiger partial charge is 0.309 e. The summed E-state index contributed by atoms with van der Waals surface area (Å²) in [6, 6.07) is 16.3. The highest BCUT2D eigenvalue weighted by Crippen LogP contribution is 2.22. The van der Waals surface area contributed by atoms with Gasteiger partial charge in [0.25, 0.3) is 0 Å². The molecule has 5 rings (SSSR count). The van der Waals surface area contributed by atoms with Gasteiger partial charge in [-0.2, -0.15) is 0 Å². The lowest BCUT2D eigenvalue weighted by molar-refractivity contribution is 0.207. The molecule has 0 N–H and O–H groups in total. The summed E-state index contributed by atoms with van der Waals surface area (Å²) in [4.78, 5) is 7.07. The van der Waals surface area contributed by atoms with Crippen LogP contribution < -0.4 is 0 Å². The molecule has 6 heteroatoms. The van der Waals surface area contributed by atoms with Gasteiger partial charge in [0.1, 0.15) is 11.5 Å². The van der Waals surface area contributed by atoms with Crippen LogP contribution >= 0.6 is 0 Å². The lowest BCUT2D eigenvalue weighted by Gasteiger charge is -2.27. The van der Waals surface area contributed by atoms with E-state index in [1.54, 1.807) is 0 Å². The Labute approximate surface area is 145 Å². The minimum absolute atomic E-state index is 0.799. The average Bonchev–Trinajstić information content (AvgIpc) is 3.25. The van der Waals surface area contributed by atoms with E-state index in [9.17, 15) is 0 Å². The number of rotatable bonds is 3. The number of imidazole rings is 1. The maximum Gasteiger partial charge on any atom is 0.164 e. The minimum atomic E-state index is 0.799. The van der Waals surface area contributed by atoms with Crippen LogP contribution in [0.3, 0.4) is 0 Å². The Morgan fingerprint density at radius 1 is 0.920 bits per heavy atom. The van der Waals surface area contributed by atoms with Crippen molar-refractivity contribution in [3.8, 4) is 11.4 Å². The van der Waals surface area contributed by atoms with E-state index in [-0.39, 0.29) is 0 Å². The molecule has 1 aromatic carbocycles. The van der Waals surface area contributed by atoms with Crippen molar-refractivity contribution >= 4 is 5.65 Å². The van der Waals surface area contributed by atoms with E-state index in [1.807, 2.05) is 42.6 Å². The van der Waals surface area contributed by atoms with E-state index in [4.69, 9.17) is 4.98 Å². The molecule has 0 spiro atoms. The number of benzene rings is 1. The van der Waals surface area contributed by atoms with Crippen LogP contribution in [0.5, 0.6) is 0 Å². The van der Waals surface area contributed by atoms with Crippen molar-refractivity contribution in [3.63, 3.8) is 0 Å². The number of nitrogens with zero attached hydrogens (tertiary/aromatic N) is 6. The standard InChI is InChI=1S/C19H18N6/c1-2-6-15(7-3-1)19-22-21-18-14-23(10-11-25(18)19)12-16-13-24-9-5-4-8-17(24)20-16/h1-9,13H,10-12,14H2. The van der Waals surface area contributed by atoms with Crippen LogP contribution in [0.1, 0.15) is 11.5 Å². The predicted molar refractivity (Wildman–Crippen MR) is 94.8 cm³/mol. The number of pyridine rings is 1. The van der Waals surface area contributed by atoms with Gasteiger partial charge in [-0.15, -0.1) is 10.2 Å². The average molecular weight is 330 g/mol. The summed E-state index contributed by atoms with van der Waals surface area (Å²) in [5.41, 5.74) is 3.20. The zero-order valence-corrected chi connectivity index (χ0v) is 13.8. The minimum Gasteiger partial charge on any atom is -0.309 e. The molecule has 0 fully saturated rings. The van der Waals surface area contributed by atoms with Crippen molar-refractivity contribution in [2.45, 2.75) is 19.6 Å². The Morgan fingerprint density at radius 3 is 2.68 bits per heavy atom. The second-order valence-corrected chi connectivity index (χ2v) is 6.37. The first-order valence-electron chi connectivity index (χ1n) is 8.49. The quantitative estimate of drug-likeness (QED) is 0.579. The summed E-state index contributed by atoms with van der Waals surface area (Å²) in [5, 5.41) is 8.82. The van der Waals surface area contributed by atoms with Crippen LogP contribution in [-0.4, -0.2) is 35.6 Å². The van der Waals surface area contributed by atoms with E-state index in [2.05, 4.69) is 42.4 Å². The molecule has 0 amide bonds. The molecule has 0 unspecified atom stereocenters. The van der Waals surface area contributed by atoms with Gasteiger partial charge >= 0.3 is 0 Å². The second kappa shape index (κ2) is 5.82. The normalized spacial score (nSPS) is 14.7. The van der Waals surface area contributed by atoms with Gasteiger partial charge < -0.3 is 8.97 Å². The van der Waals surface area contributed by atoms with Crippen LogP contribution in [0.4, 0.5) is 0 Å². The predicted octanol–water partition coefficient (Wildman–Crippen LogP) is 2.61. The molecule has 0 bridgehead atoms. The summed E-state index contributed by atoms with van der Waals surface area (Å²) < 4.78 is 4.30. The first-order chi connectivity index (χ1) is 12.4. The van der Waals surface area contributed by atoms with E-state index < -0.39 is 0 Å². The van der Waals surface area contributed by atoms with Gasteiger partial charge in [0.2, 0.25) is 0 Å². The Hall–Kier alpha value is -2.99. The molecule has 0 radical (unpaired) electrons. The summed E-state index contributed by atoms with van der Waals surface area (Å²) in [6.07, 6.45) is 4.13. The van der Waals surface area contributed by atoms with Crippen LogP contribution in [0.25, 0.3) is 17.0 Å². The highest BCUT2D eigenvalue weighted by atomic mass is 15.3. The third kappa shape index (κ3) is 2.60. The highest BCUT2D eigenvalue weighted by molar-refractivity contribution is 5.55. The first kappa shape index (κ1) is 14.4. The molecule has 4 heterocycles. The van der Waals surface area contributed by atoms with Gasteiger partial charge in [0, 0.05) is 37.6 Å². The molecule has 1 aliphatic heterocycles. The van der Waals surface area contributed by atoms with Crippen molar-refractivity contribution in [1.82, 2.24) is 29.0 Å². The zero-order valence-electron chi connectivity index (χ0n) is 13.8. The van der Waals surface area contributed by atoms with Gasteiger partial charge in [0.15, 0.2) is 5.82 Å². The monoisotopic (exact) mass is 330 g/mol. The lowest BCUT2D eigenvalue weighted by Crippen LogP contribution is -2.33. The Kier molecular flexibility index (Phi) is 3.34. The fraction of sp³-hybridized carbons (Fsp3) is 0.211. The molecule has 124 valence electrons. The molecule has 1 aliphatic rings.